The average Bonchev–Trinajstić information content (AvgIpc) is 3.14. The summed E-state index contributed by atoms with van der Waals surface area (Å²) in [5.41, 5.74) is 0.782. The average molecular weight is 387 g/mol. The zero-order valence-electron chi connectivity index (χ0n) is 16.4. The van der Waals surface area contributed by atoms with E-state index in [1.807, 2.05) is 20.8 Å². The normalized spacial score (nSPS) is 19.8. The molecule has 1 N–H and O–H groups in total. The smallest absolute Gasteiger partial charge is 0.276 e. The topological polar surface area (TPSA) is 75.4 Å². The molecular weight excluding hydrogens is 361 g/mol. The van der Waals surface area contributed by atoms with Gasteiger partial charge >= 0.3 is 0 Å². The minimum absolute atomic E-state index is 0.0617. The van der Waals surface area contributed by atoms with Gasteiger partial charge in [-0.3, -0.25) is 9.59 Å². The fourth-order valence-corrected chi connectivity index (χ4v) is 3.54. The molecule has 2 heterocycles. The van der Waals surface area contributed by atoms with Crippen LogP contribution < -0.4 is 5.32 Å². The van der Waals surface area contributed by atoms with E-state index >= 15 is 0 Å². The Balaban J connectivity index is 1.84. The Labute approximate surface area is 164 Å². The van der Waals surface area contributed by atoms with Crippen LogP contribution in [0.3, 0.4) is 0 Å². The number of hydrogen-bond donors (Lipinski definition) is 1. The van der Waals surface area contributed by atoms with Gasteiger partial charge in [0.25, 0.3) is 5.91 Å². The highest BCUT2D eigenvalue weighted by Gasteiger charge is 2.38. The molecule has 3 rings (SSSR count). The van der Waals surface area contributed by atoms with Crippen LogP contribution in [0, 0.1) is 11.7 Å². The molecule has 0 saturated carbocycles. The first-order chi connectivity index (χ1) is 13.4. The Kier molecular flexibility index (Phi) is 6.11. The zero-order chi connectivity index (χ0) is 20.3. The highest BCUT2D eigenvalue weighted by Crippen LogP contribution is 2.24. The lowest BCUT2D eigenvalue weighted by Gasteiger charge is -2.39. The summed E-state index contributed by atoms with van der Waals surface area (Å²) in [5, 5.41) is 6.94. The zero-order valence-corrected chi connectivity index (χ0v) is 16.4. The molecule has 2 amide bonds. The fourth-order valence-electron chi connectivity index (χ4n) is 3.54. The molecule has 150 valence electrons. The molecule has 2 atom stereocenters. The summed E-state index contributed by atoms with van der Waals surface area (Å²) < 4.78 is 18.4. The molecule has 1 fully saturated rings. The van der Waals surface area contributed by atoms with Crippen molar-refractivity contribution in [3.63, 3.8) is 0 Å². The second-order valence-corrected chi connectivity index (χ2v) is 7.68. The minimum Gasteiger partial charge on any atom is -0.355 e. The first kappa shape index (κ1) is 20.0. The van der Waals surface area contributed by atoms with Gasteiger partial charge in [-0.15, -0.1) is 0 Å². The van der Waals surface area contributed by atoms with Gasteiger partial charge in [-0.05, 0) is 43.0 Å². The van der Waals surface area contributed by atoms with E-state index in [1.165, 1.54) is 12.1 Å². The minimum atomic E-state index is -0.522. The Hall–Kier alpha value is -2.70. The van der Waals surface area contributed by atoms with Gasteiger partial charge in [0.1, 0.15) is 11.9 Å². The lowest BCUT2D eigenvalue weighted by atomic mass is 9.96. The number of carbonyl (C=O) groups is 2. The number of amides is 2. The van der Waals surface area contributed by atoms with E-state index in [4.69, 9.17) is 4.52 Å². The fraction of sp³-hybridized carbons (Fsp3) is 0.476. The maximum absolute atomic E-state index is 13.1. The van der Waals surface area contributed by atoms with Crippen molar-refractivity contribution in [3.8, 4) is 11.3 Å². The van der Waals surface area contributed by atoms with Crippen LogP contribution in [0.5, 0.6) is 0 Å². The van der Waals surface area contributed by atoms with Crippen molar-refractivity contribution in [1.29, 1.82) is 0 Å². The molecule has 1 aliphatic rings. The summed E-state index contributed by atoms with van der Waals surface area (Å²) in [6.45, 7) is 6.55. The van der Waals surface area contributed by atoms with Crippen LogP contribution in [0.15, 0.2) is 34.9 Å². The highest BCUT2D eigenvalue weighted by atomic mass is 19.1. The van der Waals surface area contributed by atoms with E-state index in [2.05, 4.69) is 10.5 Å². The molecule has 0 radical (unpaired) electrons. The van der Waals surface area contributed by atoms with Crippen molar-refractivity contribution in [2.75, 3.05) is 6.54 Å². The quantitative estimate of drug-likeness (QED) is 0.821. The van der Waals surface area contributed by atoms with Crippen LogP contribution in [-0.2, 0) is 4.79 Å². The van der Waals surface area contributed by atoms with Gasteiger partial charge in [-0.1, -0.05) is 32.3 Å². The number of piperazine rings is 1. The van der Waals surface area contributed by atoms with Crippen LogP contribution in [0.4, 0.5) is 4.39 Å². The van der Waals surface area contributed by atoms with Crippen molar-refractivity contribution in [2.24, 2.45) is 5.92 Å². The monoisotopic (exact) mass is 387 g/mol. The molecule has 7 heteroatoms. The van der Waals surface area contributed by atoms with Gasteiger partial charge < -0.3 is 14.7 Å². The lowest BCUT2D eigenvalue weighted by molar-refractivity contribution is -0.130. The molecule has 0 spiro atoms. The van der Waals surface area contributed by atoms with Crippen LogP contribution in [0.25, 0.3) is 11.3 Å². The second kappa shape index (κ2) is 8.54. The molecule has 28 heavy (non-hydrogen) atoms. The third-order valence-electron chi connectivity index (χ3n) is 4.89. The summed E-state index contributed by atoms with van der Waals surface area (Å²) in [6.07, 6.45) is 2.31. The van der Waals surface area contributed by atoms with E-state index in [0.717, 1.165) is 12.8 Å². The van der Waals surface area contributed by atoms with E-state index in [9.17, 15) is 14.0 Å². The van der Waals surface area contributed by atoms with Crippen molar-refractivity contribution < 1.29 is 18.5 Å². The standard InChI is InChI=1S/C21H26FN3O3/c1-4-5-16-12-25(18(10-13(2)3)20(26)23-16)21(27)17-11-19(28-24-17)14-6-8-15(22)9-7-14/h6-9,11,13,16,18H,4-5,10,12H2,1-3H3,(H,23,26)/t16-,18-/m0/s1. The maximum Gasteiger partial charge on any atom is 0.276 e. The van der Waals surface area contributed by atoms with Crippen LogP contribution in [0.2, 0.25) is 0 Å². The van der Waals surface area contributed by atoms with Crippen molar-refractivity contribution in [3.05, 3.63) is 41.8 Å². The molecule has 6 nitrogen and oxygen atoms in total. The summed E-state index contributed by atoms with van der Waals surface area (Å²) in [5.74, 6) is -0.138. The van der Waals surface area contributed by atoms with Gasteiger partial charge in [-0.25, -0.2) is 4.39 Å². The van der Waals surface area contributed by atoms with Crippen molar-refractivity contribution in [1.82, 2.24) is 15.4 Å². The van der Waals surface area contributed by atoms with Gasteiger partial charge in [-0.2, -0.15) is 0 Å². The number of nitrogens with zero attached hydrogens (tertiary/aromatic N) is 2. The molecule has 1 aromatic heterocycles. The third kappa shape index (κ3) is 4.40. The molecular formula is C21H26FN3O3. The number of aromatic nitrogens is 1. The highest BCUT2D eigenvalue weighted by molar-refractivity contribution is 5.97. The Morgan fingerprint density at radius 1 is 1.36 bits per heavy atom. The second-order valence-electron chi connectivity index (χ2n) is 7.68. The summed E-state index contributed by atoms with van der Waals surface area (Å²) in [7, 11) is 0. The molecule has 1 aliphatic heterocycles. The van der Waals surface area contributed by atoms with Gasteiger partial charge in [0.05, 0.1) is 0 Å². The number of rotatable bonds is 6. The molecule has 1 saturated heterocycles. The van der Waals surface area contributed by atoms with E-state index < -0.39 is 6.04 Å². The van der Waals surface area contributed by atoms with Crippen LogP contribution in [-0.4, -0.2) is 40.5 Å². The molecule has 0 bridgehead atoms. The first-order valence-corrected chi connectivity index (χ1v) is 9.73. The number of halogens is 1. The molecule has 0 aliphatic carbocycles. The lowest BCUT2D eigenvalue weighted by Crippen LogP contribution is -2.61. The molecule has 2 aromatic rings. The SMILES string of the molecule is CCC[C@H]1CN(C(=O)c2cc(-c3ccc(F)cc3)on2)[C@@H](CC(C)C)C(=O)N1. The van der Waals surface area contributed by atoms with Crippen LogP contribution >= 0.6 is 0 Å². The number of benzene rings is 1. The largest absolute Gasteiger partial charge is 0.355 e. The van der Waals surface area contributed by atoms with Crippen LogP contribution in [0.1, 0.15) is 50.5 Å². The summed E-state index contributed by atoms with van der Waals surface area (Å²) in [6, 6.07) is 6.74. The number of nitrogens with one attached hydrogen (secondary N) is 1. The van der Waals surface area contributed by atoms with E-state index in [1.54, 1.807) is 23.1 Å². The van der Waals surface area contributed by atoms with E-state index in [-0.39, 0.29) is 35.3 Å². The predicted octanol–water partition coefficient (Wildman–Crippen LogP) is 3.64. The predicted molar refractivity (Wildman–Crippen MR) is 103 cm³/mol. The molecule has 0 unspecified atom stereocenters. The van der Waals surface area contributed by atoms with Gasteiger partial charge in [0.2, 0.25) is 5.91 Å². The Morgan fingerprint density at radius 2 is 2.07 bits per heavy atom. The number of hydrogen-bond acceptors (Lipinski definition) is 4. The van der Waals surface area contributed by atoms with E-state index in [0.29, 0.717) is 24.3 Å². The Morgan fingerprint density at radius 3 is 2.71 bits per heavy atom. The maximum atomic E-state index is 13.1. The molecule has 1 aromatic carbocycles. The van der Waals surface area contributed by atoms with Gasteiger partial charge in [0, 0.05) is 24.2 Å². The summed E-state index contributed by atoms with van der Waals surface area (Å²) in [4.78, 5) is 27.4. The van der Waals surface area contributed by atoms with Gasteiger partial charge in [0.15, 0.2) is 11.5 Å². The number of carbonyl (C=O) groups excluding carboxylic acids is 2. The summed E-state index contributed by atoms with van der Waals surface area (Å²) >= 11 is 0. The van der Waals surface area contributed by atoms with Crippen molar-refractivity contribution in [2.45, 2.75) is 52.1 Å². The third-order valence-corrected chi connectivity index (χ3v) is 4.89. The Bertz CT molecular complexity index is 832. The van der Waals surface area contributed by atoms with Crippen molar-refractivity contribution >= 4 is 11.8 Å². The first-order valence-electron chi connectivity index (χ1n) is 9.73.